The molecular weight excluding hydrogens is 1310 g/mol. The van der Waals surface area contributed by atoms with Crippen molar-refractivity contribution in [2.45, 2.75) is 329 Å². The summed E-state index contributed by atoms with van der Waals surface area (Å²) in [6, 6.07) is 0. The van der Waals surface area contributed by atoms with Crippen molar-refractivity contribution in [2.75, 3.05) is 39.6 Å². The lowest BCUT2D eigenvalue weighted by molar-refractivity contribution is -0.161. The molecule has 0 aromatic carbocycles. The van der Waals surface area contributed by atoms with Gasteiger partial charge in [-0.25, -0.2) is 9.13 Å². The second-order valence-corrected chi connectivity index (χ2v) is 28.5. The highest BCUT2D eigenvalue weighted by atomic mass is 31.2. The summed E-state index contributed by atoms with van der Waals surface area (Å²) in [5.74, 6) is -2.31. The number of phosphoric acid groups is 2. The molecule has 5 unspecified atom stereocenters. The third-order valence-corrected chi connectivity index (χ3v) is 17.9. The number of carbonyl (C=O) groups excluding carboxylic acids is 4. The maximum absolute atomic E-state index is 13.1. The summed E-state index contributed by atoms with van der Waals surface area (Å²) in [6.45, 7) is 4.52. The first-order valence-corrected chi connectivity index (χ1v) is 41.8. The average Bonchev–Trinajstić information content (AvgIpc) is 0.985. The minimum absolute atomic E-state index is 0.0247. The molecule has 0 aromatic heterocycles. The molecule has 0 aromatic rings. The van der Waals surface area contributed by atoms with Gasteiger partial charge in [0.2, 0.25) is 0 Å². The van der Waals surface area contributed by atoms with Crippen LogP contribution >= 0.6 is 15.6 Å². The number of esters is 4. The van der Waals surface area contributed by atoms with Gasteiger partial charge < -0.3 is 33.8 Å². The van der Waals surface area contributed by atoms with Gasteiger partial charge in [-0.1, -0.05) is 303 Å². The Morgan fingerprint density at radius 3 is 0.860 bits per heavy atom. The molecule has 0 saturated heterocycles. The second-order valence-electron chi connectivity index (χ2n) is 25.5. The number of unbranched alkanes of at least 4 members (excludes halogenated alkanes) is 26. The molecule has 0 fully saturated rings. The van der Waals surface area contributed by atoms with Crippen molar-refractivity contribution < 1.29 is 80.2 Å². The van der Waals surface area contributed by atoms with Crippen LogP contribution in [0.3, 0.4) is 0 Å². The Balaban J connectivity index is 5.41. The number of allylic oxidation sites excluding steroid dienone is 20. The largest absolute Gasteiger partial charge is 0.472 e. The van der Waals surface area contributed by atoms with Crippen molar-refractivity contribution in [3.05, 3.63) is 122 Å². The normalized spacial score (nSPS) is 14.6. The van der Waals surface area contributed by atoms with Gasteiger partial charge in [0, 0.05) is 25.7 Å². The number of ether oxygens (including phenoxy) is 4. The predicted octanol–water partition coefficient (Wildman–Crippen LogP) is 22.3. The van der Waals surface area contributed by atoms with Crippen LogP contribution in [0.2, 0.25) is 0 Å². The van der Waals surface area contributed by atoms with E-state index >= 15 is 0 Å². The topological polar surface area (TPSA) is 237 Å². The Labute approximate surface area is 606 Å². The number of aliphatic hydroxyl groups excluding tert-OH is 1. The third kappa shape index (κ3) is 71.8. The van der Waals surface area contributed by atoms with Crippen LogP contribution in [0.4, 0.5) is 0 Å². The standard InChI is InChI=1S/C81H138O17P2/c1-5-9-13-17-21-25-29-32-35-36-37-38-41-43-47-50-54-58-62-66-79(84)92-72-77(98-81(86)68-64-60-56-52-48-44-40-34-31-27-23-19-15-11-7-3)74-96-100(89,90)94-70-75(82)69-93-99(87,88)95-73-76(97-80(85)67-63-59-55-51-45-28-24-20-16-12-8-4)71-91-78(83)65-61-57-53-49-46-42-39-33-30-26-22-18-14-10-6-2/h9,11,13,15,21,23,25,27,32,34-35,37-38,40,43,47-48,52,54,58,75-77,82H,5-8,10,12,14,16-20,22,24,26,28-31,33,36,39,41-42,44-46,49-51,53,55-57,59-74H2,1-4H3,(H,87,88)(H,89,90)/b13-9-,15-11-,25-21-,27-23-,35-32-,38-37-,40-34-,47-43-,52-48-,58-54-. The summed E-state index contributed by atoms with van der Waals surface area (Å²) >= 11 is 0. The lowest BCUT2D eigenvalue weighted by Crippen LogP contribution is -2.30. The van der Waals surface area contributed by atoms with E-state index in [0.717, 1.165) is 109 Å². The minimum atomic E-state index is -5.00. The van der Waals surface area contributed by atoms with Gasteiger partial charge in [-0.05, 0) is 103 Å². The average molecular weight is 1450 g/mol. The van der Waals surface area contributed by atoms with E-state index in [1.54, 1.807) is 0 Å². The summed E-state index contributed by atoms with van der Waals surface area (Å²) in [4.78, 5) is 72.8. The molecule has 19 heteroatoms. The van der Waals surface area contributed by atoms with E-state index in [2.05, 4.69) is 131 Å². The Bertz CT molecular complexity index is 2370. The highest BCUT2D eigenvalue weighted by molar-refractivity contribution is 7.47. The van der Waals surface area contributed by atoms with Crippen LogP contribution in [-0.4, -0.2) is 96.7 Å². The number of hydrogen-bond donors (Lipinski definition) is 3. The fourth-order valence-corrected chi connectivity index (χ4v) is 11.7. The van der Waals surface area contributed by atoms with Gasteiger partial charge in [-0.2, -0.15) is 0 Å². The van der Waals surface area contributed by atoms with Crippen LogP contribution in [0.25, 0.3) is 0 Å². The van der Waals surface area contributed by atoms with E-state index in [1.807, 2.05) is 18.2 Å². The first kappa shape index (κ1) is 95.5. The molecule has 0 bridgehead atoms. The van der Waals surface area contributed by atoms with Crippen molar-refractivity contribution in [3.8, 4) is 0 Å². The summed E-state index contributed by atoms with van der Waals surface area (Å²) in [5.41, 5.74) is 0. The Kier molecular flexibility index (Phi) is 69.5. The van der Waals surface area contributed by atoms with Crippen LogP contribution in [0.1, 0.15) is 310 Å². The minimum Gasteiger partial charge on any atom is -0.462 e. The monoisotopic (exact) mass is 1440 g/mol. The summed E-state index contributed by atoms with van der Waals surface area (Å²) in [7, 11) is -9.98. The molecule has 0 heterocycles. The number of rotatable bonds is 72. The molecule has 0 aliphatic heterocycles. The molecule has 0 saturated carbocycles. The van der Waals surface area contributed by atoms with Gasteiger partial charge >= 0.3 is 39.5 Å². The number of carbonyl (C=O) groups is 4. The van der Waals surface area contributed by atoms with E-state index < -0.39 is 97.5 Å². The van der Waals surface area contributed by atoms with Crippen LogP contribution < -0.4 is 0 Å². The smallest absolute Gasteiger partial charge is 0.462 e. The zero-order valence-electron chi connectivity index (χ0n) is 62.6. The van der Waals surface area contributed by atoms with E-state index in [9.17, 15) is 43.2 Å². The molecule has 17 nitrogen and oxygen atoms in total. The number of phosphoric ester groups is 2. The van der Waals surface area contributed by atoms with Crippen LogP contribution in [0.15, 0.2) is 122 Å². The van der Waals surface area contributed by atoms with Crippen molar-refractivity contribution in [3.63, 3.8) is 0 Å². The fourth-order valence-electron chi connectivity index (χ4n) is 10.1. The second kappa shape index (κ2) is 72.8. The fraction of sp³-hybridized carbons (Fsp3) is 0.704. The van der Waals surface area contributed by atoms with Gasteiger partial charge in [0.15, 0.2) is 12.2 Å². The van der Waals surface area contributed by atoms with Gasteiger partial charge in [-0.3, -0.25) is 37.3 Å². The summed E-state index contributed by atoms with van der Waals surface area (Å²) in [6.07, 6.45) is 79.3. The molecule has 0 amide bonds. The van der Waals surface area contributed by atoms with Crippen molar-refractivity contribution in [2.24, 2.45) is 0 Å². The molecule has 0 spiro atoms. The van der Waals surface area contributed by atoms with Crippen LogP contribution in [0.5, 0.6) is 0 Å². The Morgan fingerprint density at radius 1 is 0.290 bits per heavy atom. The zero-order valence-corrected chi connectivity index (χ0v) is 64.4. The lowest BCUT2D eigenvalue weighted by Gasteiger charge is -2.21. The quantitative estimate of drug-likeness (QED) is 0.0169. The van der Waals surface area contributed by atoms with Gasteiger partial charge in [0.1, 0.15) is 19.3 Å². The number of aliphatic hydroxyl groups is 1. The van der Waals surface area contributed by atoms with Crippen LogP contribution in [-0.2, 0) is 65.4 Å². The molecule has 0 aliphatic rings. The molecule has 100 heavy (non-hydrogen) atoms. The molecule has 5 atom stereocenters. The van der Waals surface area contributed by atoms with Crippen molar-refractivity contribution in [1.82, 2.24) is 0 Å². The predicted molar refractivity (Wildman–Crippen MR) is 408 cm³/mol. The summed E-state index contributed by atoms with van der Waals surface area (Å²) in [5, 5.41) is 10.6. The number of hydrogen-bond acceptors (Lipinski definition) is 15. The van der Waals surface area contributed by atoms with E-state index in [4.69, 9.17) is 37.0 Å². The molecule has 0 rings (SSSR count). The van der Waals surface area contributed by atoms with Gasteiger partial charge in [0.25, 0.3) is 0 Å². The molecule has 0 radical (unpaired) electrons. The lowest BCUT2D eigenvalue weighted by atomic mass is 10.0. The van der Waals surface area contributed by atoms with Crippen molar-refractivity contribution >= 4 is 39.5 Å². The van der Waals surface area contributed by atoms with E-state index in [0.29, 0.717) is 38.5 Å². The van der Waals surface area contributed by atoms with Gasteiger partial charge in [-0.15, -0.1) is 0 Å². The SMILES string of the molecule is CC/C=C\C/C=C\C/C=C\C/C=C\C/C=C\C/C=C\CCC(=O)OCC(COP(=O)(O)OCC(O)COP(=O)(O)OCC(COC(=O)CCCCCCCCCCCCCCCCC)OC(=O)CCCCCCCCCCCCC)OC(=O)CCCC/C=C\C/C=C\C/C=C\C/C=C\CC. The molecule has 3 N–H and O–H groups in total. The van der Waals surface area contributed by atoms with Crippen molar-refractivity contribution in [1.29, 1.82) is 0 Å². The van der Waals surface area contributed by atoms with Crippen LogP contribution in [0, 0.1) is 0 Å². The Morgan fingerprint density at radius 2 is 0.540 bits per heavy atom. The highest BCUT2D eigenvalue weighted by Crippen LogP contribution is 2.45. The highest BCUT2D eigenvalue weighted by Gasteiger charge is 2.30. The maximum atomic E-state index is 13.1. The first-order valence-electron chi connectivity index (χ1n) is 38.8. The maximum Gasteiger partial charge on any atom is 0.472 e. The zero-order chi connectivity index (χ0) is 73.2. The Hall–Kier alpha value is -4.54. The summed E-state index contributed by atoms with van der Waals surface area (Å²) < 4.78 is 68.4. The van der Waals surface area contributed by atoms with E-state index in [-0.39, 0.29) is 25.7 Å². The third-order valence-electron chi connectivity index (χ3n) is 16.0. The molecule has 574 valence electrons. The molecule has 0 aliphatic carbocycles. The first-order chi connectivity index (χ1) is 48.7. The van der Waals surface area contributed by atoms with E-state index in [1.165, 1.54) is 109 Å². The van der Waals surface area contributed by atoms with Gasteiger partial charge in [0.05, 0.1) is 26.4 Å². The molecular formula is C81H138O17P2.